The molecule has 2 aromatic rings. The molecule has 0 atom stereocenters. The van der Waals surface area contributed by atoms with Crippen LogP contribution in [0.25, 0.3) is 5.65 Å². The van der Waals surface area contributed by atoms with E-state index in [1.165, 1.54) is 12.8 Å². The zero-order valence-electron chi connectivity index (χ0n) is 10.2. The quantitative estimate of drug-likeness (QED) is 0.821. The lowest BCUT2D eigenvalue weighted by Gasteiger charge is -2.20. The maximum atomic E-state index is 10.9. The number of hydrogen-bond donors (Lipinski definition) is 1. The van der Waals surface area contributed by atoms with Crippen LogP contribution in [0.1, 0.15) is 29.0 Å². The number of nitrogens with zero attached hydrogens (tertiary/aromatic N) is 3. The van der Waals surface area contributed by atoms with Crippen LogP contribution in [0.3, 0.4) is 0 Å². The third-order valence-electron chi connectivity index (χ3n) is 3.49. The largest absolute Gasteiger partial charge is 0.317 e. The number of carbonyl (C=O) groups excluding carboxylic acids is 1. The van der Waals surface area contributed by atoms with Gasteiger partial charge in [-0.3, -0.25) is 4.79 Å². The highest BCUT2D eigenvalue weighted by molar-refractivity contribution is 5.83. The average Bonchev–Trinajstić information content (AvgIpc) is 2.82. The predicted octanol–water partition coefficient (Wildman–Crippen LogP) is 1.08. The minimum absolute atomic E-state index is 0.599. The van der Waals surface area contributed by atoms with Gasteiger partial charge in [-0.05, 0) is 44.0 Å². The van der Waals surface area contributed by atoms with E-state index in [1.54, 1.807) is 10.6 Å². The molecule has 0 unspecified atom stereocenters. The van der Waals surface area contributed by atoms with Crippen molar-refractivity contribution in [3.8, 4) is 0 Å². The fourth-order valence-corrected chi connectivity index (χ4v) is 2.49. The maximum absolute atomic E-state index is 10.9. The summed E-state index contributed by atoms with van der Waals surface area (Å²) in [5, 5.41) is 7.79. The van der Waals surface area contributed by atoms with Crippen molar-refractivity contribution in [1.82, 2.24) is 19.9 Å². The highest BCUT2D eigenvalue weighted by atomic mass is 16.1. The Balaban J connectivity index is 1.86. The number of fused-ring (bicyclic) bond motifs is 1. The van der Waals surface area contributed by atoms with Gasteiger partial charge in [-0.25, -0.2) is 9.50 Å². The average molecular weight is 244 g/mol. The highest BCUT2D eigenvalue weighted by Gasteiger charge is 2.16. The first kappa shape index (κ1) is 11.3. The molecule has 1 saturated heterocycles. The summed E-state index contributed by atoms with van der Waals surface area (Å²) in [6.07, 6.45) is 5.92. The van der Waals surface area contributed by atoms with Crippen molar-refractivity contribution in [3.63, 3.8) is 0 Å². The second-order valence-corrected chi connectivity index (χ2v) is 4.78. The Kier molecular flexibility index (Phi) is 3.06. The molecule has 18 heavy (non-hydrogen) atoms. The van der Waals surface area contributed by atoms with Crippen LogP contribution in [-0.2, 0) is 6.42 Å². The molecular weight excluding hydrogens is 228 g/mol. The van der Waals surface area contributed by atoms with E-state index in [9.17, 15) is 4.79 Å². The van der Waals surface area contributed by atoms with E-state index in [0.717, 1.165) is 31.6 Å². The first-order valence-electron chi connectivity index (χ1n) is 6.37. The van der Waals surface area contributed by atoms with Crippen molar-refractivity contribution in [2.24, 2.45) is 5.92 Å². The third-order valence-corrected chi connectivity index (χ3v) is 3.49. The van der Waals surface area contributed by atoms with Crippen molar-refractivity contribution < 1.29 is 4.79 Å². The highest BCUT2D eigenvalue weighted by Crippen LogP contribution is 2.17. The van der Waals surface area contributed by atoms with E-state index in [0.29, 0.717) is 17.1 Å². The molecule has 0 saturated carbocycles. The standard InChI is InChI=1S/C13H16N4O/c18-9-11-2-1-7-17-13(11)15-12(16-17)8-10-3-5-14-6-4-10/h1-2,7,9-10,14H,3-6,8H2. The van der Waals surface area contributed by atoms with E-state index in [4.69, 9.17) is 0 Å². The second-order valence-electron chi connectivity index (χ2n) is 4.78. The Morgan fingerprint density at radius 3 is 3.06 bits per heavy atom. The Bertz CT molecular complexity index is 557. The van der Waals surface area contributed by atoms with Gasteiger partial charge in [-0.2, -0.15) is 5.10 Å². The SMILES string of the molecule is O=Cc1cccn2nc(CC3CCNCC3)nc12. The molecule has 0 amide bonds. The zero-order chi connectivity index (χ0) is 12.4. The smallest absolute Gasteiger partial charge is 0.166 e. The van der Waals surface area contributed by atoms with Crippen LogP contribution in [0.2, 0.25) is 0 Å². The van der Waals surface area contributed by atoms with Gasteiger partial charge >= 0.3 is 0 Å². The molecule has 1 aliphatic heterocycles. The summed E-state index contributed by atoms with van der Waals surface area (Å²) in [5.74, 6) is 1.50. The molecule has 94 valence electrons. The monoisotopic (exact) mass is 244 g/mol. The number of aldehydes is 1. The summed E-state index contributed by atoms with van der Waals surface area (Å²) in [5.41, 5.74) is 1.26. The van der Waals surface area contributed by atoms with Crippen LogP contribution in [0.5, 0.6) is 0 Å². The van der Waals surface area contributed by atoms with Gasteiger partial charge in [-0.15, -0.1) is 0 Å². The van der Waals surface area contributed by atoms with Crippen LogP contribution in [0, 0.1) is 5.92 Å². The van der Waals surface area contributed by atoms with Crippen molar-refractivity contribution in [2.45, 2.75) is 19.3 Å². The van der Waals surface area contributed by atoms with E-state index in [2.05, 4.69) is 15.4 Å². The summed E-state index contributed by atoms with van der Waals surface area (Å²) in [4.78, 5) is 15.4. The molecule has 0 spiro atoms. The van der Waals surface area contributed by atoms with Gasteiger partial charge in [0.1, 0.15) is 0 Å². The van der Waals surface area contributed by atoms with Gasteiger partial charge in [0, 0.05) is 12.6 Å². The summed E-state index contributed by atoms with van der Waals surface area (Å²) >= 11 is 0. The molecular formula is C13H16N4O. The molecule has 3 rings (SSSR count). The minimum Gasteiger partial charge on any atom is -0.317 e. The summed E-state index contributed by atoms with van der Waals surface area (Å²) < 4.78 is 1.69. The summed E-state index contributed by atoms with van der Waals surface area (Å²) in [6, 6.07) is 3.59. The van der Waals surface area contributed by atoms with Crippen LogP contribution in [-0.4, -0.2) is 34.0 Å². The van der Waals surface area contributed by atoms with E-state index < -0.39 is 0 Å². The van der Waals surface area contributed by atoms with Crippen LogP contribution in [0.15, 0.2) is 18.3 Å². The lowest BCUT2D eigenvalue weighted by molar-refractivity contribution is 0.112. The topological polar surface area (TPSA) is 59.3 Å². The molecule has 5 nitrogen and oxygen atoms in total. The first-order chi connectivity index (χ1) is 8.86. The zero-order valence-corrected chi connectivity index (χ0v) is 10.2. The van der Waals surface area contributed by atoms with Crippen molar-refractivity contribution >= 4 is 11.9 Å². The van der Waals surface area contributed by atoms with E-state index in [1.807, 2.05) is 12.3 Å². The van der Waals surface area contributed by atoms with E-state index in [-0.39, 0.29) is 0 Å². The van der Waals surface area contributed by atoms with Crippen molar-refractivity contribution in [2.75, 3.05) is 13.1 Å². The Hall–Kier alpha value is -1.75. The Labute approximate surface area is 105 Å². The minimum atomic E-state index is 0.599. The van der Waals surface area contributed by atoms with Crippen LogP contribution in [0.4, 0.5) is 0 Å². The summed E-state index contributed by atoms with van der Waals surface area (Å²) in [6.45, 7) is 2.16. The molecule has 1 aliphatic rings. The van der Waals surface area contributed by atoms with Crippen molar-refractivity contribution in [1.29, 1.82) is 0 Å². The Morgan fingerprint density at radius 2 is 2.28 bits per heavy atom. The molecule has 0 radical (unpaired) electrons. The molecule has 1 fully saturated rings. The van der Waals surface area contributed by atoms with Gasteiger partial charge in [-0.1, -0.05) is 0 Å². The molecule has 3 heterocycles. The Morgan fingerprint density at radius 1 is 1.44 bits per heavy atom. The van der Waals surface area contributed by atoms with Gasteiger partial charge in [0.05, 0.1) is 5.56 Å². The number of hydrogen-bond acceptors (Lipinski definition) is 4. The third kappa shape index (κ3) is 2.13. The van der Waals surface area contributed by atoms with Gasteiger partial charge in [0.25, 0.3) is 0 Å². The number of rotatable bonds is 3. The molecule has 5 heteroatoms. The van der Waals surface area contributed by atoms with Gasteiger partial charge in [0.15, 0.2) is 17.8 Å². The molecule has 0 aromatic carbocycles. The number of piperidine rings is 1. The van der Waals surface area contributed by atoms with Crippen LogP contribution >= 0.6 is 0 Å². The molecule has 1 N–H and O–H groups in total. The first-order valence-corrected chi connectivity index (χ1v) is 6.37. The molecule has 0 aliphatic carbocycles. The maximum Gasteiger partial charge on any atom is 0.166 e. The van der Waals surface area contributed by atoms with Gasteiger partial charge in [0.2, 0.25) is 0 Å². The van der Waals surface area contributed by atoms with Gasteiger partial charge < -0.3 is 5.32 Å². The number of pyridine rings is 1. The lowest BCUT2D eigenvalue weighted by Crippen LogP contribution is -2.28. The fourth-order valence-electron chi connectivity index (χ4n) is 2.49. The fraction of sp³-hybridized carbons (Fsp3) is 0.462. The number of carbonyl (C=O) groups is 1. The van der Waals surface area contributed by atoms with Crippen molar-refractivity contribution in [3.05, 3.63) is 29.7 Å². The second kappa shape index (κ2) is 4.86. The van der Waals surface area contributed by atoms with E-state index >= 15 is 0 Å². The molecule has 0 bridgehead atoms. The summed E-state index contributed by atoms with van der Waals surface area (Å²) in [7, 11) is 0. The predicted molar refractivity (Wildman–Crippen MR) is 67.7 cm³/mol. The number of nitrogens with one attached hydrogen (secondary N) is 1. The normalized spacial score (nSPS) is 17.1. The van der Waals surface area contributed by atoms with Crippen LogP contribution < -0.4 is 5.32 Å². The lowest BCUT2D eigenvalue weighted by atomic mass is 9.94. The molecule has 2 aromatic heterocycles. The number of aromatic nitrogens is 3.